The molecule has 4 aliphatic rings. The van der Waals surface area contributed by atoms with Gasteiger partial charge in [0.05, 0.1) is 90.1 Å². The lowest BCUT2D eigenvalue weighted by atomic mass is 10.0. The molecule has 8 aromatic carbocycles. The molecule has 0 unspecified atom stereocenters. The van der Waals surface area contributed by atoms with Crippen LogP contribution in [0.4, 0.5) is 0 Å². The van der Waals surface area contributed by atoms with E-state index in [9.17, 15) is 79.2 Å². The lowest BCUT2D eigenvalue weighted by Crippen LogP contribution is -1.96. The second-order valence-corrected chi connectivity index (χ2v) is 28.1. The molecule has 14 aromatic rings. The quantitative estimate of drug-likeness (QED) is 0.0427. The summed E-state index contributed by atoms with van der Waals surface area (Å²) in [6, 6.07) is 67.1. The summed E-state index contributed by atoms with van der Waals surface area (Å²) in [7, 11) is 0. The van der Waals surface area contributed by atoms with Crippen molar-refractivity contribution in [3.8, 4) is 89.0 Å². The van der Waals surface area contributed by atoms with Crippen molar-refractivity contribution in [3.05, 3.63) is 333 Å². The number of hydrogen-bond acceptors (Lipinski definition) is 12. The van der Waals surface area contributed by atoms with Gasteiger partial charge >= 0.3 is 47.8 Å². The molecule has 0 aliphatic carbocycles. The number of benzene rings is 8. The van der Waals surface area contributed by atoms with Gasteiger partial charge in [-0.1, -0.05) is 97.1 Å². The fourth-order valence-corrected chi connectivity index (χ4v) is 15.1. The molecule has 580 valence electrons. The summed E-state index contributed by atoms with van der Waals surface area (Å²) < 4.78 is 0. The van der Waals surface area contributed by atoms with Gasteiger partial charge in [0, 0.05) is 88.6 Å². The highest BCUT2D eigenvalue weighted by Gasteiger charge is 2.25. The van der Waals surface area contributed by atoms with Crippen LogP contribution in [0.5, 0.6) is 0 Å². The Morgan fingerprint density at radius 2 is 0.258 bits per heavy atom. The number of rotatable bonds is 16. The maximum atomic E-state index is 11.8. The summed E-state index contributed by atoms with van der Waals surface area (Å²) in [4.78, 5) is 130. The van der Waals surface area contributed by atoms with Crippen molar-refractivity contribution >= 4 is 140 Å². The van der Waals surface area contributed by atoms with Crippen molar-refractivity contribution in [2.24, 2.45) is 0 Å². The second-order valence-electron chi connectivity index (χ2n) is 28.1. The lowest BCUT2D eigenvalue weighted by Gasteiger charge is -2.08. The monoisotopic (exact) mass is 1580 g/mol. The maximum Gasteiger partial charge on any atom is 0.335 e. The van der Waals surface area contributed by atoms with Gasteiger partial charge in [0.1, 0.15) is 0 Å². The Morgan fingerprint density at radius 3 is 0.350 bits per heavy atom. The Bertz CT molecular complexity index is 5940. The van der Waals surface area contributed by atoms with Gasteiger partial charge in [-0.05, 0) is 239 Å². The minimum Gasteiger partial charge on any atom is -0.478 e. The smallest absolute Gasteiger partial charge is 0.335 e. The molecule has 10 heterocycles. The van der Waals surface area contributed by atoms with Gasteiger partial charge in [-0.25, -0.2) is 58.3 Å². The number of nitrogens with zero attached hydrogens (tertiary/aromatic N) is 4. The van der Waals surface area contributed by atoms with Crippen LogP contribution in [0.25, 0.3) is 182 Å². The van der Waals surface area contributed by atoms with Gasteiger partial charge in [-0.2, -0.15) is 0 Å². The standard InChI is InChI=1S/2C48H30N4O8/c2*53-45(54)29-9-1-25(2-10-29)41-33-17-19-35(49-33)42(26-3-11-30(12-4-26)46(55)56)37-21-23-39(51-37)44(28-7-15-32(16-8-28)48(59)60)40-24-22-38(52-40)43(36-20-18-34(41)50-36)27-5-13-31(14-6-27)47(57)58/h2*1-24,49,52H,(H,53,54)(H,55,56)(H,57,58)(H,59,60). The molecule has 18 rings (SSSR count). The number of nitrogens with one attached hydrogen (secondary N) is 4. The van der Waals surface area contributed by atoms with Crippen LogP contribution in [0.1, 0.15) is 128 Å². The molecule has 0 radical (unpaired) electrons. The fourth-order valence-electron chi connectivity index (χ4n) is 15.1. The molecule has 6 aromatic heterocycles. The molecule has 12 N–H and O–H groups in total. The van der Waals surface area contributed by atoms with Gasteiger partial charge in [-0.15, -0.1) is 0 Å². The van der Waals surface area contributed by atoms with E-state index in [1.807, 2.05) is 97.1 Å². The number of aromatic amines is 4. The Hall–Kier alpha value is -17.3. The van der Waals surface area contributed by atoms with Crippen LogP contribution in [-0.2, 0) is 0 Å². The minimum absolute atomic E-state index is 0.117. The van der Waals surface area contributed by atoms with Crippen molar-refractivity contribution in [1.82, 2.24) is 39.9 Å². The Morgan fingerprint density at radius 1 is 0.158 bits per heavy atom. The minimum atomic E-state index is -1.06. The van der Waals surface area contributed by atoms with E-state index in [4.69, 9.17) is 19.9 Å². The third-order valence-electron chi connectivity index (χ3n) is 20.9. The molecular weight excluding hydrogens is 1520 g/mol. The van der Waals surface area contributed by atoms with Gasteiger partial charge in [0.2, 0.25) is 0 Å². The molecule has 24 heteroatoms. The van der Waals surface area contributed by atoms with Crippen molar-refractivity contribution in [2.75, 3.05) is 0 Å². The molecule has 16 bridgehead atoms. The van der Waals surface area contributed by atoms with Crippen LogP contribution < -0.4 is 0 Å². The fraction of sp³-hybridized carbons (Fsp3) is 0. The molecule has 0 fully saturated rings. The van der Waals surface area contributed by atoms with Crippen LogP contribution in [0, 0.1) is 0 Å². The van der Waals surface area contributed by atoms with Crippen molar-refractivity contribution in [3.63, 3.8) is 0 Å². The molecule has 0 saturated carbocycles. The highest BCUT2D eigenvalue weighted by atomic mass is 16.4. The van der Waals surface area contributed by atoms with Crippen LogP contribution >= 0.6 is 0 Å². The average molecular weight is 1580 g/mol. The van der Waals surface area contributed by atoms with Crippen molar-refractivity contribution in [2.45, 2.75) is 0 Å². The first-order chi connectivity index (χ1) is 58.0. The summed E-state index contributed by atoms with van der Waals surface area (Å²) in [5.74, 6) is -8.51. The van der Waals surface area contributed by atoms with E-state index in [-0.39, 0.29) is 44.5 Å². The third kappa shape index (κ3) is 14.5. The second kappa shape index (κ2) is 30.9. The van der Waals surface area contributed by atoms with E-state index >= 15 is 0 Å². The molecule has 24 nitrogen and oxygen atoms in total. The highest BCUT2D eigenvalue weighted by molar-refractivity contribution is 6.06. The van der Waals surface area contributed by atoms with E-state index < -0.39 is 47.8 Å². The average Bonchev–Trinajstić information content (AvgIpc) is 1.61. The third-order valence-corrected chi connectivity index (χ3v) is 20.9. The zero-order valence-electron chi connectivity index (χ0n) is 62.3. The molecule has 0 atom stereocenters. The van der Waals surface area contributed by atoms with Crippen LogP contribution in [0.3, 0.4) is 0 Å². The Balaban J connectivity index is 0.000000171. The summed E-state index contributed by atoms with van der Waals surface area (Å²) in [6.07, 6.45) is 14.9. The molecule has 120 heavy (non-hydrogen) atoms. The summed E-state index contributed by atoms with van der Waals surface area (Å²) in [5, 5.41) is 77.4. The molecule has 0 saturated heterocycles. The van der Waals surface area contributed by atoms with E-state index in [1.54, 1.807) is 97.1 Å². The molecule has 4 aliphatic heterocycles. The predicted octanol–water partition coefficient (Wildman–Crippen LogP) is 20.2. The van der Waals surface area contributed by atoms with Gasteiger partial charge < -0.3 is 60.8 Å². The van der Waals surface area contributed by atoms with Crippen LogP contribution in [-0.4, -0.2) is 128 Å². The first kappa shape index (κ1) is 75.4. The van der Waals surface area contributed by atoms with E-state index in [1.165, 1.54) is 97.1 Å². The largest absolute Gasteiger partial charge is 0.478 e. The number of aromatic carboxylic acids is 8. The van der Waals surface area contributed by atoms with Gasteiger partial charge in [0.25, 0.3) is 0 Å². The van der Waals surface area contributed by atoms with Crippen LogP contribution in [0.15, 0.2) is 243 Å². The van der Waals surface area contributed by atoms with Gasteiger partial charge in [-0.3, -0.25) is 0 Å². The predicted molar refractivity (Wildman–Crippen MR) is 457 cm³/mol. The molecular formula is C96H60N8O16. The topological polar surface area (TPSA) is 413 Å². The van der Waals surface area contributed by atoms with Crippen molar-refractivity contribution < 1.29 is 79.2 Å². The Labute approximate surface area is 677 Å². The van der Waals surface area contributed by atoms with E-state index in [0.717, 1.165) is 0 Å². The first-order valence-electron chi connectivity index (χ1n) is 37.1. The summed E-state index contributed by atoms with van der Waals surface area (Å²) in [6.45, 7) is 0. The van der Waals surface area contributed by atoms with Crippen molar-refractivity contribution in [1.29, 1.82) is 0 Å². The van der Waals surface area contributed by atoms with E-state index in [2.05, 4.69) is 19.9 Å². The lowest BCUT2D eigenvalue weighted by molar-refractivity contribution is 0.0686. The number of hydrogen-bond donors (Lipinski definition) is 12. The summed E-state index contributed by atoms with van der Waals surface area (Å²) in [5.41, 5.74) is 21.4. The summed E-state index contributed by atoms with van der Waals surface area (Å²) >= 11 is 0. The molecule has 0 amide bonds. The number of aromatic nitrogens is 8. The molecule has 0 spiro atoms. The van der Waals surface area contributed by atoms with Crippen LogP contribution in [0.2, 0.25) is 0 Å². The zero-order valence-corrected chi connectivity index (χ0v) is 62.3. The number of fused-ring (bicyclic) bond motifs is 16. The highest BCUT2D eigenvalue weighted by Crippen LogP contribution is 2.43. The zero-order chi connectivity index (χ0) is 83.3. The van der Waals surface area contributed by atoms with Gasteiger partial charge in [0.15, 0.2) is 0 Å². The van der Waals surface area contributed by atoms with E-state index in [0.29, 0.717) is 179 Å². The Kier molecular flexibility index (Phi) is 19.4. The maximum absolute atomic E-state index is 11.8. The number of carboxylic acids is 8. The normalized spacial score (nSPS) is 11.7. The number of carboxylic acid groups (broad SMARTS) is 8. The number of H-pyrrole nitrogens is 4. The number of carbonyl (C=O) groups is 8. The first-order valence-corrected chi connectivity index (χ1v) is 37.1. The SMILES string of the molecule is O=C(O)c1ccc(-c2c3nc(c(-c4ccc(C(=O)O)cc4)c4ccc([nH]4)c(-c4ccc(C(=O)O)cc4)c4nc(c(-c5ccc(C(=O)O)cc5)c5ccc2[nH]5)C=C4)C=C3)cc1.O=C(O)c1ccc(-c2c3nc(c(-c4ccc(C(=O)O)cc4)c4ccc([nH]4)c(-c4ccc(C(=O)O)cc4)c4nc(c(-c5ccc(C(=O)O)cc5)c5ccc2[nH]5)C=C4)C=C3)cc1.